The third-order valence-electron chi connectivity index (χ3n) is 9.31. The first kappa shape index (κ1) is 25.4. The summed E-state index contributed by atoms with van der Waals surface area (Å²) < 4.78 is 5.38. The minimum absolute atomic E-state index is 0.00133. The van der Waals surface area contributed by atoms with Crippen molar-refractivity contribution >= 4 is 17.8 Å². The number of carbonyl (C=O) groups is 3. The Kier molecular flexibility index (Phi) is 8.18. The Morgan fingerprint density at radius 1 is 1.03 bits per heavy atom. The maximum atomic E-state index is 13.4. The first-order valence-electron chi connectivity index (χ1n) is 13.4. The van der Waals surface area contributed by atoms with E-state index in [1.54, 1.807) is 7.11 Å². The molecule has 8 heteroatoms. The van der Waals surface area contributed by atoms with Crippen molar-refractivity contribution in [2.24, 2.45) is 29.6 Å². The lowest BCUT2D eigenvalue weighted by molar-refractivity contribution is -0.148. The summed E-state index contributed by atoms with van der Waals surface area (Å²) in [6.45, 7) is 5.42. The molecule has 0 aromatic carbocycles. The molecular weight excluding hydrogens is 432 g/mol. The molecule has 2 aliphatic carbocycles. The Morgan fingerprint density at radius 3 is 2.47 bits per heavy atom. The number of carbonyl (C=O) groups excluding carboxylic acids is 3. The predicted molar refractivity (Wildman–Crippen MR) is 130 cm³/mol. The van der Waals surface area contributed by atoms with E-state index in [2.05, 4.69) is 29.8 Å². The van der Waals surface area contributed by atoms with E-state index >= 15 is 0 Å². The Balaban J connectivity index is 1.31. The van der Waals surface area contributed by atoms with Crippen LogP contribution in [0.2, 0.25) is 0 Å². The van der Waals surface area contributed by atoms with Gasteiger partial charge < -0.3 is 20.3 Å². The molecule has 4 rings (SSSR count). The number of piperidine rings is 2. The largest absolute Gasteiger partial charge is 0.381 e. The van der Waals surface area contributed by atoms with Crippen LogP contribution >= 0.6 is 0 Å². The third-order valence-corrected chi connectivity index (χ3v) is 9.31. The Bertz CT molecular complexity index is 753. The van der Waals surface area contributed by atoms with Crippen LogP contribution in [0.25, 0.3) is 0 Å². The Hall–Kier alpha value is -1.67. The van der Waals surface area contributed by atoms with Gasteiger partial charge in [0.15, 0.2) is 0 Å². The van der Waals surface area contributed by atoms with Crippen LogP contribution in [0.4, 0.5) is 4.79 Å². The van der Waals surface area contributed by atoms with Gasteiger partial charge in [0.05, 0.1) is 6.10 Å². The summed E-state index contributed by atoms with van der Waals surface area (Å²) in [6.07, 6.45) is 8.09. The van der Waals surface area contributed by atoms with Gasteiger partial charge in [-0.25, -0.2) is 4.79 Å². The number of urea groups is 1. The SMILES string of the molecule is COC1CCC(C(=O)NC(=O)NC2CCC(C)C(C3CC4CNC(C)CC4N(C)C3=O)C2)CC1. The summed E-state index contributed by atoms with van der Waals surface area (Å²) in [5, 5.41) is 9.23. The van der Waals surface area contributed by atoms with Crippen LogP contribution in [0.3, 0.4) is 0 Å². The molecule has 34 heavy (non-hydrogen) atoms. The van der Waals surface area contributed by atoms with Gasteiger partial charge in [-0.15, -0.1) is 0 Å². The van der Waals surface area contributed by atoms with E-state index in [0.717, 1.165) is 64.3 Å². The summed E-state index contributed by atoms with van der Waals surface area (Å²) in [5.74, 6) is 1.20. The van der Waals surface area contributed by atoms with E-state index in [1.165, 1.54) is 0 Å². The van der Waals surface area contributed by atoms with Gasteiger partial charge in [-0.1, -0.05) is 6.92 Å². The molecule has 7 unspecified atom stereocenters. The number of likely N-dealkylation sites (tertiary alicyclic amines) is 1. The molecule has 2 saturated carbocycles. The van der Waals surface area contributed by atoms with E-state index in [1.807, 2.05) is 11.9 Å². The maximum Gasteiger partial charge on any atom is 0.321 e. The topological polar surface area (TPSA) is 99.8 Å². The van der Waals surface area contributed by atoms with Crippen LogP contribution in [-0.2, 0) is 14.3 Å². The van der Waals surface area contributed by atoms with Gasteiger partial charge in [0.25, 0.3) is 0 Å². The van der Waals surface area contributed by atoms with E-state index in [-0.39, 0.29) is 41.7 Å². The highest BCUT2D eigenvalue weighted by atomic mass is 16.5. The van der Waals surface area contributed by atoms with Crippen molar-refractivity contribution in [2.75, 3.05) is 20.7 Å². The maximum absolute atomic E-state index is 13.4. The summed E-state index contributed by atoms with van der Waals surface area (Å²) in [5.41, 5.74) is 0. The van der Waals surface area contributed by atoms with Gasteiger partial charge in [0, 0.05) is 50.7 Å². The van der Waals surface area contributed by atoms with Gasteiger partial charge in [0.1, 0.15) is 0 Å². The number of nitrogens with one attached hydrogen (secondary N) is 3. The summed E-state index contributed by atoms with van der Waals surface area (Å²) in [6, 6.07) is 0.392. The number of amides is 4. The van der Waals surface area contributed by atoms with Gasteiger partial charge in [-0.05, 0) is 82.5 Å². The highest BCUT2D eigenvalue weighted by molar-refractivity contribution is 5.95. The second kappa shape index (κ2) is 10.9. The number of ether oxygens (including phenoxy) is 1. The zero-order valence-corrected chi connectivity index (χ0v) is 21.3. The molecule has 2 heterocycles. The fraction of sp³-hybridized carbons (Fsp3) is 0.885. The highest BCUT2D eigenvalue weighted by Crippen LogP contribution is 2.43. The van der Waals surface area contributed by atoms with Crippen LogP contribution in [0.5, 0.6) is 0 Å². The van der Waals surface area contributed by atoms with Crippen LogP contribution in [0.15, 0.2) is 0 Å². The number of rotatable bonds is 4. The Morgan fingerprint density at radius 2 is 1.76 bits per heavy atom. The van der Waals surface area contributed by atoms with Gasteiger partial charge in [0.2, 0.25) is 11.8 Å². The van der Waals surface area contributed by atoms with E-state index in [0.29, 0.717) is 23.9 Å². The van der Waals surface area contributed by atoms with Crippen LogP contribution < -0.4 is 16.0 Å². The monoisotopic (exact) mass is 476 g/mol. The molecule has 7 atom stereocenters. The molecule has 2 saturated heterocycles. The van der Waals surface area contributed by atoms with E-state index < -0.39 is 6.03 Å². The van der Waals surface area contributed by atoms with Crippen molar-refractivity contribution in [3.05, 3.63) is 0 Å². The fourth-order valence-corrected chi connectivity index (χ4v) is 7.10. The number of hydrogen-bond acceptors (Lipinski definition) is 5. The van der Waals surface area contributed by atoms with Gasteiger partial charge in [-0.3, -0.25) is 14.9 Å². The average Bonchev–Trinajstić information content (AvgIpc) is 2.83. The Labute approximate surface area is 204 Å². The number of nitrogens with zero attached hydrogens (tertiary/aromatic N) is 1. The number of hydrogen-bond donors (Lipinski definition) is 3. The van der Waals surface area contributed by atoms with Crippen LogP contribution in [-0.4, -0.2) is 67.7 Å². The lowest BCUT2D eigenvalue weighted by Gasteiger charge is -2.50. The summed E-state index contributed by atoms with van der Waals surface area (Å²) in [7, 11) is 3.69. The zero-order chi connectivity index (χ0) is 24.4. The molecule has 3 N–H and O–H groups in total. The first-order valence-corrected chi connectivity index (χ1v) is 13.4. The molecule has 0 spiro atoms. The number of methoxy groups -OCH3 is 1. The van der Waals surface area contributed by atoms with Crippen molar-refractivity contribution in [3.8, 4) is 0 Å². The minimum atomic E-state index is -0.394. The molecule has 192 valence electrons. The quantitative estimate of drug-likeness (QED) is 0.579. The lowest BCUT2D eigenvalue weighted by atomic mass is 9.65. The van der Waals surface area contributed by atoms with Crippen LogP contribution in [0, 0.1) is 29.6 Å². The first-order chi connectivity index (χ1) is 16.3. The van der Waals surface area contributed by atoms with Crippen molar-refractivity contribution < 1.29 is 19.1 Å². The van der Waals surface area contributed by atoms with Crippen molar-refractivity contribution in [1.29, 1.82) is 0 Å². The molecule has 4 amide bonds. The number of imide groups is 1. The predicted octanol–water partition coefficient (Wildman–Crippen LogP) is 2.67. The molecule has 0 aromatic rings. The van der Waals surface area contributed by atoms with Crippen molar-refractivity contribution in [2.45, 2.75) is 95.9 Å². The zero-order valence-electron chi connectivity index (χ0n) is 21.3. The average molecular weight is 477 g/mol. The molecule has 0 radical (unpaired) electrons. The third kappa shape index (κ3) is 5.59. The van der Waals surface area contributed by atoms with Crippen molar-refractivity contribution in [1.82, 2.24) is 20.9 Å². The normalized spacial score (nSPS) is 40.9. The minimum Gasteiger partial charge on any atom is -0.381 e. The van der Waals surface area contributed by atoms with Gasteiger partial charge >= 0.3 is 6.03 Å². The molecule has 8 nitrogen and oxygen atoms in total. The smallest absolute Gasteiger partial charge is 0.321 e. The second-order valence-corrected chi connectivity index (χ2v) is 11.5. The van der Waals surface area contributed by atoms with Crippen LogP contribution in [0.1, 0.15) is 71.6 Å². The van der Waals surface area contributed by atoms with E-state index in [4.69, 9.17) is 4.74 Å². The molecule has 0 aromatic heterocycles. The molecule has 2 aliphatic heterocycles. The molecule has 0 bridgehead atoms. The fourth-order valence-electron chi connectivity index (χ4n) is 7.10. The molecular formula is C26H44N4O4. The highest BCUT2D eigenvalue weighted by Gasteiger charge is 2.47. The molecule has 4 fully saturated rings. The van der Waals surface area contributed by atoms with E-state index in [9.17, 15) is 14.4 Å². The number of fused-ring (bicyclic) bond motifs is 1. The second-order valence-electron chi connectivity index (χ2n) is 11.5. The summed E-state index contributed by atoms with van der Waals surface area (Å²) >= 11 is 0. The van der Waals surface area contributed by atoms with Gasteiger partial charge in [-0.2, -0.15) is 0 Å². The summed E-state index contributed by atoms with van der Waals surface area (Å²) in [4.78, 5) is 40.6. The standard InChI is InChI=1S/C26H44N4O4/c1-15-5-8-19(28-26(33)29-24(31)17-6-9-20(34-4)10-7-17)13-21(15)22-12-18-14-27-16(2)11-23(18)30(3)25(22)32/h15-23,27H,5-14H2,1-4H3,(H2,28,29,31,33). The molecule has 4 aliphatic rings. The lowest BCUT2D eigenvalue weighted by Crippen LogP contribution is -2.60. The van der Waals surface area contributed by atoms with Crippen molar-refractivity contribution in [3.63, 3.8) is 0 Å².